The van der Waals surface area contributed by atoms with Crippen LogP contribution in [0.2, 0.25) is 0 Å². The van der Waals surface area contributed by atoms with E-state index >= 15 is 0 Å². The first-order chi connectivity index (χ1) is 11.8. The van der Waals surface area contributed by atoms with Gasteiger partial charge in [-0.05, 0) is 37.1 Å². The van der Waals surface area contributed by atoms with Gasteiger partial charge in [0.1, 0.15) is 36.4 Å². The normalized spacial score (nSPS) is 16.2. The van der Waals surface area contributed by atoms with Gasteiger partial charge in [-0.15, -0.1) is 0 Å². The summed E-state index contributed by atoms with van der Waals surface area (Å²) in [7, 11) is 1.65. The highest BCUT2D eigenvalue weighted by molar-refractivity contribution is 5.31. The van der Waals surface area contributed by atoms with Crippen LogP contribution in [0.3, 0.4) is 0 Å². The Kier molecular flexibility index (Phi) is 5.63. The first-order valence-electron chi connectivity index (χ1n) is 8.24. The van der Waals surface area contributed by atoms with Crippen molar-refractivity contribution in [3.63, 3.8) is 0 Å². The van der Waals surface area contributed by atoms with Crippen LogP contribution in [0.25, 0.3) is 0 Å². The number of benzene rings is 1. The number of likely N-dealkylation sites (tertiary alicyclic amines) is 1. The molecule has 3 rings (SSSR count). The highest BCUT2D eigenvalue weighted by Gasteiger charge is 2.22. The second-order valence-electron chi connectivity index (χ2n) is 5.86. The van der Waals surface area contributed by atoms with Gasteiger partial charge in [0, 0.05) is 13.1 Å². The van der Waals surface area contributed by atoms with E-state index in [1.807, 2.05) is 24.3 Å². The molecule has 1 aromatic heterocycles. The van der Waals surface area contributed by atoms with Gasteiger partial charge in [0.15, 0.2) is 0 Å². The lowest BCUT2D eigenvalue weighted by Gasteiger charge is -2.31. The summed E-state index contributed by atoms with van der Waals surface area (Å²) in [5.41, 5.74) is 0. The van der Waals surface area contributed by atoms with E-state index in [1.165, 1.54) is 6.33 Å². The van der Waals surface area contributed by atoms with Crippen molar-refractivity contribution in [3.8, 4) is 11.5 Å². The van der Waals surface area contributed by atoms with Gasteiger partial charge in [-0.2, -0.15) is 5.10 Å². The first kappa shape index (κ1) is 16.7. The van der Waals surface area contributed by atoms with Gasteiger partial charge in [0.05, 0.1) is 20.2 Å². The third-order valence-corrected chi connectivity index (χ3v) is 4.25. The molecule has 1 aromatic carbocycles. The van der Waals surface area contributed by atoms with E-state index in [-0.39, 0.29) is 12.6 Å². The molecule has 0 spiro atoms. The number of alkyl halides is 1. The van der Waals surface area contributed by atoms with E-state index in [9.17, 15) is 4.39 Å². The number of piperidine rings is 1. The van der Waals surface area contributed by atoms with Gasteiger partial charge in [-0.25, -0.2) is 14.1 Å². The first-order valence-corrected chi connectivity index (χ1v) is 8.24. The minimum atomic E-state index is -0.422. The summed E-state index contributed by atoms with van der Waals surface area (Å²) in [5, 5.41) is 4.06. The molecule has 0 amide bonds. The average Bonchev–Trinajstić information content (AvgIpc) is 3.05. The molecule has 24 heavy (non-hydrogen) atoms. The smallest absolute Gasteiger partial charge is 0.141 e. The second-order valence-corrected chi connectivity index (χ2v) is 5.86. The van der Waals surface area contributed by atoms with E-state index in [0.717, 1.165) is 43.3 Å². The Bertz CT molecular complexity index is 624. The van der Waals surface area contributed by atoms with E-state index in [1.54, 1.807) is 11.8 Å². The SMILES string of the molecule is COc1ccc(OC2CCN(Cc3ncnn3CCF)CC2)cc1. The molecule has 0 N–H and O–H groups in total. The number of ether oxygens (including phenoxy) is 2. The lowest BCUT2D eigenvalue weighted by molar-refractivity contribution is 0.0944. The molecule has 1 saturated heterocycles. The van der Waals surface area contributed by atoms with E-state index in [2.05, 4.69) is 15.0 Å². The molecule has 0 radical (unpaired) electrons. The molecule has 0 unspecified atom stereocenters. The maximum atomic E-state index is 12.5. The quantitative estimate of drug-likeness (QED) is 0.778. The summed E-state index contributed by atoms with van der Waals surface area (Å²) >= 11 is 0. The second kappa shape index (κ2) is 8.10. The molecular weight excluding hydrogens is 311 g/mol. The number of aryl methyl sites for hydroxylation is 1. The van der Waals surface area contributed by atoms with Crippen molar-refractivity contribution in [1.82, 2.24) is 19.7 Å². The number of aromatic nitrogens is 3. The highest BCUT2D eigenvalue weighted by Crippen LogP contribution is 2.22. The van der Waals surface area contributed by atoms with Crippen molar-refractivity contribution in [3.05, 3.63) is 36.4 Å². The summed E-state index contributed by atoms with van der Waals surface area (Å²) in [5.74, 6) is 2.52. The number of nitrogens with zero attached hydrogens (tertiary/aromatic N) is 4. The Morgan fingerprint density at radius 1 is 1.17 bits per heavy atom. The van der Waals surface area contributed by atoms with Crippen LogP contribution in [0.5, 0.6) is 11.5 Å². The predicted molar refractivity (Wildman–Crippen MR) is 87.9 cm³/mol. The largest absolute Gasteiger partial charge is 0.497 e. The Balaban J connectivity index is 1.47. The lowest BCUT2D eigenvalue weighted by Crippen LogP contribution is -2.38. The highest BCUT2D eigenvalue weighted by atomic mass is 19.1. The zero-order valence-corrected chi connectivity index (χ0v) is 13.9. The van der Waals surface area contributed by atoms with Crippen LogP contribution in [0.1, 0.15) is 18.7 Å². The number of hydrogen-bond donors (Lipinski definition) is 0. The van der Waals surface area contributed by atoms with Gasteiger partial charge in [-0.3, -0.25) is 4.90 Å². The number of rotatable bonds is 7. The molecule has 2 heterocycles. The van der Waals surface area contributed by atoms with Gasteiger partial charge >= 0.3 is 0 Å². The molecule has 0 atom stereocenters. The van der Waals surface area contributed by atoms with E-state index in [4.69, 9.17) is 9.47 Å². The summed E-state index contributed by atoms with van der Waals surface area (Å²) in [4.78, 5) is 6.54. The van der Waals surface area contributed by atoms with Crippen molar-refractivity contribution >= 4 is 0 Å². The fourth-order valence-corrected chi connectivity index (χ4v) is 2.91. The van der Waals surface area contributed by atoms with Crippen molar-refractivity contribution < 1.29 is 13.9 Å². The van der Waals surface area contributed by atoms with Crippen LogP contribution in [0, 0.1) is 0 Å². The molecule has 6 nitrogen and oxygen atoms in total. The fraction of sp³-hybridized carbons (Fsp3) is 0.529. The minimum absolute atomic E-state index is 0.221. The predicted octanol–water partition coefficient (Wildman–Crippen LogP) is 2.30. The van der Waals surface area contributed by atoms with Crippen molar-refractivity contribution in [1.29, 1.82) is 0 Å². The van der Waals surface area contributed by atoms with E-state index in [0.29, 0.717) is 6.54 Å². The van der Waals surface area contributed by atoms with Gasteiger partial charge in [-0.1, -0.05) is 0 Å². The molecule has 130 valence electrons. The standard InChI is InChI=1S/C17H23FN4O2/c1-23-14-2-4-15(5-3-14)24-16-6-9-21(10-7-16)12-17-19-13-20-22(17)11-8-18/h2-5,13,16H,6-12H2,1H3. The van der Waals surface area contributed by atoms with Crippen LogP contribution in [-0.2, 0) is 13.1 Å². The van der Waals surface area contributed by atoms with Crippen LogP contribution in [0.4, 0.5) is 4.39 Å². The molecular formula is C17H23FN4O2. The number of hydrogen-bond acceptors (Lipinski definition) is 5. The van der Waals surface area contributed by atoms with Crippen molar-refractivity contribution in [2.75, 3.05) is 26.9 Å². The Labute approximate surface area is 141 Å². The molecule has 0 aliphatic carbocycles. The molecule has 2 aromatic rings. The number of methoxy groups -OCH3 is 1. The third-order valence-electron chi connectivity index (χ3n) is 4.25. The third kappa shape index (κ3) is 4.23. The van der Waals surface area contributed by atoms with Crippen molar-refractivity contribution in [2.24, 2.45) is 0 Å². The number of halogens is 1. The monoisotopic (exact) mass is 334 g/mol. The van der Waals surface area contributed by atoms with Crippen molar-refractivity contribution in [2.45, 2.75) is 32.0 Å². The zero-order valence-electron chi connectivity index (χ0n) is 13.9. The molecule has 7 heteroatoms. The fourth-order valence-electron chi connectivity index (χ4n) is 2.91. The van der Waals surface area contributed by atoms with Crippen LogP contribution in [0.15, 0.2) is 30.6 Å². The summed E-state index contributed by atoms with van der Waals surface area (Å²) in [6, 6.07) is 7.68. The summed E-state index contributed by atoms with van der Waals surface area (Å²) in [6.45, 7) is 2.42. The Morgan fingerprint density at radius 2 is 1.88 bits per heavy atom. The minimum Gasteiger partial charge on any atom is -0.497 e. The van der Waals surface area contributed by atoms with E-state index < -0.39 is 6.67 Å². The Hall–Kier alpha value is -2.15. The summed E-state index contributed by atoms with van der Waals surface area (Å²) in [6.07, 6.45) is 3.63. The maximum absolute atomic E-state index is 12.5. The van der Waals surface area contributed by atoms with Gasteiger partial charge in [0.2, 0.25) is 0 Å². The van der Waals surface area contributed by atoms with Crippen LogP contribution < -0.4 is 9.47 Å². The van der Waals surface area contributed by atoms with Gasteiger partial charge < -0.3 is 9.47 Å². The van der Waals surface area contributed by atoms with Crippen LogP contribution >= 0.6 is 0 Å². The molecule has 1 fully saturated rings. The summed E-state index contributed by atoms with van der Waals surface area (Å²) < 4.78 is 25.3. The van der Waals surface area contributed by atoms with Gasteiger partial charge in [0.25, 0.3) is 0 Å². The average molecular weight is 334 g/mol. The molecule has 1 aliphatic heterocycles. The topological polar surface area (TPSA) is 52.4 Å². The Morgan fingerprint density at radius 3 is 2.54 bits per heavy atom. The molecule has 0 bridgehead atoms. The maximum Gasteiger partial charge on any atom is 0.141 e. The van der Waals surface area contributed by atoms with Crippen LogP contribution in [-0.4, -0.2) is 52.6 Å². The molecule has 1 aliphatic rings. The molecule has 0 saturated carbocycles. The lowest BCUT2D eigenvalue weighted by atomic mass is 10.1. The zero-order chi connectivity index (χ0) is 16.8.